The molecule has 2 aromatic carbocycles. The van der Waals surface area contributed by atoms with Crippen LogP contribution in [-0.4, -0.2) is 20.8 Å². The second-order valence-electron chi connectivity index (χ2n) is 4.97. The van der Waals surface area contributed by atoms with Gasteiger partial charge < -0.3 is 5.73 Å². The first-order chi connectivity index (χ1) is 10.3. The van der Waals surface area contributed by atoms with Gasteiger partial charge in [-0.2, -0.15) is 0 Å². The molecule has 0 saturated heterocycles. The van der Waals surface area contributed by atoms with Crippen molar-refractivity contribution in [2.45, 2.75) is 19.5 Å². The predicted molar refractivity (Wildman–Crippen MR) is 80.6 cm³/mol. The van der Waals surface area contributed by atoms with Crippen molar-refractivity contribution in [1.29, 1.82) is 0 Å². The summed E-state index contributed by atoms with van der Waals surface area (Å²) < 4.78 is 1.54. The molecular weight excluding hydrogens is 264 g/mol. The Balaban J connectivity index is 1.77. The second kappa shape index (κ2) is 5.85. The minimum atomic E-state index is 0.0971. The SMILES string of the molecule is NCc1cn(CC(=O)Cc2cccc3ccccc23)nn1. The van der Waals surface area contributed by atoms with E-state index in [4.69, 9.17) is 5.73 Å². The Bertz CT molecular complexity index is 773. The summed E-state index contributed by atoms with van der Waals surface area (Å²) >= 11 is 0. The van der Waals surface area contributed by atoms with Gasteiger partial charge in [0, 0.05) is 13.0 Å². The van der Waals surface area contributed by atoms with E-state index in [1.807, 2.05) is 42.5 Å². The summed E-state index contributed by atoms with van der Waals surface area (Å²) in [6, 6.07) is 14.1. The van der Waals surface area contributed by atoms with Crippen LogP contribution >= 0.6 is 0 Å². The molecule has 0 aliphatic carbocycles. The van der Waals surface area contributed by atoms with E-state index >= 15 is 0 Å². The van der Waals surface area contributed by atoms with Crippen LogP contribution < -0.4 is 5.73 Å². The monoisotopic (exact) mass is 280 g/mol. The molecule has 0 spiro atoms. The minimum absolute atomic E-state index is 0.0971. The van der Waals surface area contributed by atoms with E-state index in [-0.39, 0.29) is 12.3 Å². The van der Waals surface area contributed by atoms with Gasteiger partial charge in [-0.1, -0.05) is 47.7 Å². The van der Waals surface area contributed by atoms with Crippen molar-refractivity contribution in [1.82, 2.24) is 15.0 Å². The maximum atomic E-state index is 12.2. The molecule has 3 aromatic rings. The van der Waals surface area contributed by atoms with Crippen molar-refractivity contribution in [2.75, 3.05) is 0 Å². The number of aromatic nitrogens is 3. The predicted octanol–water partition coefficient (Wildman–Crippen LogP) is 1.70. The molecule has 5 nitrogen and oxygen atoms in total. The fourth-order valence-electron chi connectivity index (χ4n) is 2.40. The van der Waals surface area contributed by atoms with Crippen molar-refractivity contribution < 1.29 is 4.79 Å². The summed E-state index contributed by atoms with van der Waals surface area (Å²) in [5.74, 6) is 0.0971. The highest BCUT2D eigenvalue weighted by atomic mass is 16.1. The highest BCUT2D eigenvalue weighted by Gasteiger charge is 2.09. The van der Waals surface area contributed by atoms with E-state index in [2.05, 4.69) is 10.3 Å². The van der Waals surface area contributed by atoms with Crippen LogP contribution in [0.15, 0.2) is 48.7 Å². The first-order valence-electron chi connectivity index (χ1n) is 6.83. The number of nitrogens with zero attached hydrogens (tertiary/aromatic N) is 3. The van der Waals surface area contributed by atoms with Crippen LogP contribution in [0.25, 0.3) is 10.8 Å². The van der Waals surface area contributed by atoms with Gasteiger partial charge in [0.25, 0.3) is 0 Å². The normalized spacial score (nSPS) is 10.9. The number of hydrogen-bond acceptors (Lipinski definition) is 4. The molecule has 0 atom stereocenters. The zero-order valence-corrected chi connectivity index (χ0v) is 11.6. The number of rotatable bonds is 5. The first kappa shape index (κ1) is 13.5. The quantitative estimate of drug-likeness (QED) is 0.772. The number of Topliss-reactive ketones (excluding diaryl/α,β-unsaturated/α-hetero) is 1. The minimum Gasteiger partial charge on any atom is -0.325 e. The van der Waals surface area contributed by atoms with Crippen molar-refractivity contribution in [3.8, 4) is 0 Å². The molecule has 106 valence electrons. The summed E-state index contributed by atoms with van der Waals surface area (Å²) in [5.41, 5.74) is 7.21. The van der Waals surface area contributed by atoms with Gasteiger partial charge in [0.1, 0.15) is 6.54 Å². The van der Waals surface area contributed by atoms with Crippen LogP contribution in [-0.2, 0) is 24.3 Å². The molecule has 1 aromatic heterocycles. The van der Waals surface area contributed by atoms with Crippen LogP contribution in [0, 0.1) is 0 Å². The van der Waals surface area contributed by atoms with E-state index in [1.54, 1.807) is 6.20 Å². The second-order valence-corrected chi connectivity index (χ2v) is 4.97. The Morgan fingerprint density at radius 2 is 1.95 bits per heavy atom. The van der Waals surface area contributed by atoms with Crippen LogP contribution in [0.1, 0.15) is 11.3 Å². The Hall–Kier alpha value is -2.53. The summed E-state index contributed by atoms with van der Waals surface area (Å²) in [7, 11) is 0. The van der Waals surface area contributed by atoms with Crippen LogP contribution in [0.2, 0.25) is 0 Å². The summed E-state index contributed by atoms with van der Waals surface area (Å²) in [5, 5.41) is 10.0. The maximum Gasteiger partial charge on any atom is 0.158 e. The fourth-order valence-corrected chi connectivity index (χ4v) is 2.40. The lowest BCUT2D eigenvalue weighted by Crippen LogP contribution is -2.13. The van der Waals surface area contributed by atoms with Gasteiger partial charge in [-0.25, -0.2) is 4.68 Å². The molecule has 0 saturated carbocycles. The fraction of sp³-hybridized carbons (Fsp3) is 0.188. The summed E-state index contributed by atoms with van der Waals surface area (Å²) in [6.07, 6.45) is 2.10. The molecule has 21 heavy (non-hydrogen) atoms. The maximum absolute atomic E-state index is 12.2. The van der Waals surface area contributed by atoms with E-state index in [0.717, 1.165) is 16.3 Å². The van der Waals surface area contributed by atoms with Crippen molar-refractivity contribution in [3.63, 3.8) is 0 Å². The van der Waals surface area contributed by atoms with Gasteiger partial charge in [-0.15, -0.1) is 5.10 Å². The van der Waals surface area contributed by atoms with Crippen molar-refractivity contribution >= 4 is 16.6 Å². The summed E-state index contributed by atoms with van der Waals surface area (Å²) in [4.78, 5) is 12.2. The third-order valence-electron chi connectivity index (χ3n) is 3.40. The van der Waals surface area contributed by atoms with Crippen LogP contribution in [0.3, 0.4) is 0 Å². The molecule has 0 radical (unpaired) electrons. The number of fused-ring (bicyclic) bond motifs is 1. The lowest BCUT2D eigenvalue weighted by molar-refractivity contribution is -0.119. The zero-order chi connectivity index (χ0) is 14.7. The molecule has 1 heterocycles. The molecule has 0 aliphatic heterocycles. The molecule has 0 aliphatic rings. The number of benzene rings is 2. The molecule has 5 heteroatoms. The zero-order valence-electron chi connectivity index (χ0n) is 11.6. The number of ketones is 1. The van der Waals surface area contributed by atoms with Gasteiger partial charge in [0.05, 0.1) is 11.9 Å². The molecule has 0 bridgehead atoms. The highest BCUT2D eigenvalue weighted by Crippen LogP contribution is 2.19. The number of carbonyl (C=O) groups excluding carboxylic acids is 1. The molecule has 0 amide bonds. The lowest BCUT2D eigenvalue weighted by atomic mass is 10.0. The number of nitrogens with two attached hydrogens (primary N) is 1. The van der Waals surface area contributed by atoms with Crippen molar-refractivity contribution in [3.05, 3.63) is 59.9 Å². The largest absolute Gasteiger partial charge is 0.325 e. The highest BCUT2D eigenvalue weighted by molar-refractivity contribution is 5.90. The number of carbonyl (C=O) groups is 1. The average molecular weight is 280 g/mol. The van der Waals surface area contributed by atoms with E-state index in [9.17, 15) is 4.79 Å². The van der Waals surface area contributed by atoms with Crippen LogP contribution in [0.4, 0.5) is 0 Å². The molecule has 3 rings (SSSR count). The van der Waals surface area contributed by atoms with Gasteiger partial charge in [-0.3, -0.25) is 4.79 Å². The standard InChI is InChI=1S/C16H16N4O/c17-9-14-10-20(19-18-14)11-15(21)8-13-6-3-5-12-4-1-2-7-16(12)13/h1-7,10H,8-9,11,17H2. The van der Waals surface area contributed by atoms with Gasteiger partial charge in [-0.05, 0) is 16.3 Å². The third kappa shape index (κ3) is 2.98. The Kier molecular flexibility index (Phi) is 3.75. The van der Waals surface area contributed by atoms with E-state index < -0.39 is 0 Å². The number of hydrogen-bond donors (Lipinski definition) is 1. The molecule has 0 fully saturated rings. The first-order valence-corrected chi connectivity index (χ1v) is 6.83. The topological polar surface area (TPSA) is 73.8 Å². The Labute approximate surface area is 122 Å². The van der Waals surface area contributed by atoms with Gasteiger partial charge >= 0.3 is 0 Å². The molecule has 2 N–H and O–H groups in total. The Morgan fingerprint density at radius 1 is 1.14 bits per heavy atom. The van der Waals surface area contributed by atoms with E-state index in [0.29, 0.717) is 18.7 Å². The molecule has 0 unspecified atom stereocenters. The smallest absolute Gasteiger partial charge is 0.158 e. The average Bonchev–Trinajstić information content (AvgIpc) is 2.95. The van der Waals surface area contributed by atoms with Gasteiger partial charge in [0.15, 0.2) is 5.78 Å². The molecular formula is C16H16N4O. The van der Waals surface area contributed by atoms with Crippen LogP contribution in [0.5, 0.6) is 0 Å². The van der Waals surface area contributed by atoms with Crippen molar-refractivity contribution in [2.24, 2.45) is 5.73 Å². The van der Waals surface area contributed by atoms with Gasteiger partial charge in [0.2, 0.25) is 0 Å². The Morgan fingerprint density at radius 3 is 2.76 bits per heavy atom. The third-order valence-corrected chi connectivity index (χ3v) is 3.40. The lowest BCUT2D eigenvalue weighted by Gasteiger charge is -2.06. The summed E-state index contributed by atoms with van der Waals surface area (Å²) in [6.45, 7) is 0.549. The van der Waals surface area contributed by atoms with E-state index in [1.165, 1.54) is 4.68 Å².